The predicted molar refractivity (Wildman–Crippen MR) is 92.3 cm³/mol. The second-order valence-corrected chi connectivity index (χ2v) is 7.06. The van der Waals surface area contributed by atoms with Crippen LogP contribution in [0.15, 0.2) is 47.4 Å². The maximum Gasteiger partial charge on any atom is 0.298 e. The molecule has 0 amide bonds. The third kappa shape index (κ3) is 5.25. The standard InChI is InChI=1S/C18H22O5S/c1-2-3-4-5-7-14-10-11-17(18(12-14)24(20,21)22)23-16-9-6-8-15(19)13-16/h6,8-13,19H,2-5,7H2,1H3,(H,20,21,22). The molecule has 0 radical (unpaired) electrons. The minimum absolute atomic E-state index is 0.00782. The first kappa shape index (κ1) is 18.3. The van der Waals surface area contributed by atoms with Gasteiger partial charge < -0.3 is 9.84 Å². The summed E-state index contributed by atoms with van der Waals surface area (Å²) in [5.41, 5.74) is 0.835. The summed E-state index contributed by atoms with van der Waals surface area (Å²) in [4.78, 5) is -0.265. The van der Waals surface area contributed by atoms with Crippen LogP contribution in [0.2, 0.25) is 0 Å². The Kier molecular flexibility index (Phi) is 6.23. The Hall–Kier alpha value is -2.05. The highest BCUT2D eigenvalue weighted by atomic mass is 32.2. The van der Waals surface area contributed by atoms with Crippen molar-refractivity contribution >= 4 is 10.1 Å². The molecule has 5 nitrogen and oxygen atoms in total. The van der Waals surface area contributed by atoms with Crippen LogP contribution in [0.3, 0.4) is 0 Å². The Labute approximate surface area is 142 Å². The van der Waals surface area contributed by atoms with Crippen LogP contribution in [0, 0.1) is 0 Å². The highest BCUT2D eigenvalue weighted by Crippen LogP contribution is 2.31. The van der Waals surface area contributed by atoms with E-state index in [0.29, 0.717) is 0 Å². The Morgan fingerprint density at radius 1 is 1.04 bits per heavy atom. The van der Waals surface area contributed by atoms with Gasteiger partial charge in [-0.2, -0.15) is 8.42 Å². The maximum atomic E-state index is 11.7. The second-order valence-electron chi connectivity index (χ2n) is 5.67. The van der Waals surface area contributed by atoms with Gasteiger partial charge in [0, 0.05) is 6.07 Å². The first-order valence-corrected chi connectivity index (χ1v) is 9.41. The molecule has 0 aliphatic rings. The Morgan fingerprint density at radius 3 is 2.50 bits per heavy atom. The van der Waals surface area contributed by atoms with Gasteiger partial charge in [0.1, 0.15) is 22.1 Å². The van der Waals surface area contributed by atoms with Gasteiger partial charge in [0.15, 0.2) is 0 Å². The normalized spacial score (nSPS) is 11.4. The van der Waals surface area contributed by atoms with Crippen LogP contribution in [0.25, 0.3) is 0 Å². The van der Waals surface area contributed by atoms with Crippen molar-refractivity contribution in [1.82, 2.24) is 0 Å². The fourth-order valence-corrected chi connectivity index (χ4v) is 3.09. The quantitative estimate of drug-likeness (QED) is 0.539. The van der Waals surface area contributed by atoms with E-state index in [0.717, 1.165) is 37.7 Å². The van der Waals surface area contributed by atoms with E-state index in [2.05, 4.69) is 6.92 Å². The number of aryl methyl sites for hydroxylation is 1. The minimum atomic E-state index is -4.41. The van der Waals surface area contributed by atoms with Gasteiger partial charge in [-0.25, -0.2) is 0 Å². The van der Waals surface area contributed by atoms with Crippen LogP contribution >= 0.6 is 0 Å². The average molecular weight is 350 g/mol. The lowest BCUT2D eigenvalue weighted by Gasteiger charge is -2.11. The lowest BCUT2D eigenvalue weighted by atomic mass is 10.1. The maximum absolute atomic E-state index is 11.7. The van der Waals surface area contributed by atoms with Crippen molar-refractivity contribution in [2.75, 3.05) is 0 Å². The van der Waals surface area contributed by atoms with Crippen LogP contribution in [0.4, 0.5) is 0 Å². The highest BCUT2D eigenvalue weighted by molar-refractivity contribution is 7.86. The zero-order valence-corrected chi connectivity index (χ0v) is 14.4. The monoisotopic (exact) mass is 350 g/mol. The first-order valence-electron chi connectivity index (χ1n) is 7.97. The number of aromatic hydroxyl groups is 1. The molecular formula is C18H22O5S. The summed E-state index contributed by atoms with van der Waals surface area (Å²) in [6.45, 7) is 2.13. The zero-order chi connectivity index (χ0) is 17.6. The summed E-state index contributed by atoms with van der Waals surface area (Å²) in [6, 6.07) is 10.8. The SMILES string of the molecule is CCCCCCc1ccc(Oc2cccc(O)c2)c(S(=O)(=O)O)c1. The van der Waals surface area contributed by atoms with E-state index in [4.69, 9.17) is 4.74 Å². The molecule has 2 rings (SSSR count). The smallest absolute Gasteiger partial charge is 0.298 e. The average Bonchev–Trinajstić information content (AvgIpc) is 2.52. The van der Waals surface area contributed by atoms with Crippen molar-refractivity contribution in [2.45, 2.75) is 43.9 Å². The lowest BCUT2D eigenvalue weighted by Crippen LogP contribution is -2.02. The Morgan fingerprint density at radius 2 is 1.83 bits per heavy atom. The molecule has 0 aliphatic heterocycles. The molecule has 0 saturated carbocycles. The number of ether oxygens (including phenoxy) is 1. The number of hydrogen-bond acceptors (Lipinski definition) is 4. The van der Waals surface area contributed by atoms with Crippen LogP contribution in [-0.2, 0) is 16.5 Å². The topological polar surface area (TPSA) is 83.8 Å². The van der Waals surface area contributed by atoms with Gasteiger partial charge in [-0.15, -0.1) is 0 Å². The van der Waals surface area contributed by atoms with E-state index >= 15 is 0 Å². The van der Waals surface area contributed by atoms with Gasteiger partial charge in [0.25, 0.3) is 10.1 Å². The van der Waals surface area contributed by atoms with Crippen molar-refractivity contribution in [3.63, 3.8) is 0 Å². The summed E-state index contributed by atoms with van der Waals surface area (Å²) < 4.78 is 38.3. The van der Waals surface area contributed by atoms with Gasteiger partial charge in [-0.1, -0.05) is 38.3 Å². The highest BCUT2D eigenvalue weighted by Gasteiger charge is 2.18. The number of unbranched alkanes of at least 4 members (excludes halogenated alkanes) is 3. The van der Waals surface area contributed by atoms with Crippen molar-refractivity contribution in [2.24, 2.45) is 0 Å². The summed E-state index contributed by atoms with van der Waals surface area (Å²) in [6.07, 6.45) is 5.07. The van der Waals surface area contributed by atoms with Crippen molar-refractivity contribution < 1.29 is 22.8 Å². The van der Waals surface area contributed by atoms with Crippen LogP contribution in [0.1, 0.15) is 38.2 Å². The van der Waals surface area contributed by atoms with Crippen molar-refractivity contribution in [3.05, 3.63) is 48.0 Å². The number of benzene rings is 2. The molecule has 0 heterocycles. The summed E-state index contributed by atoms with van der Waals surface area (Å²) in [7, 11) is -4.41. The van der Waals surface area contributed by atoms with E-state index in [9.17, 15) is 18.1 Å². The molecule has 130 valence electrons. The molecule has 0 aliphatic carbocycles. The van der Waals surface area contributed by atoms with Gasteiger partial charge in [0.05, 0.1) is 0 Å². The molecule has 0 atom stereocenters. The third-order valence-electron chi connectivity index (χ3n) is 3.65. The molecule has 0 saturated heterocycles. The molecule has 2 aromatic carbocycles. The largest absolute Gasteiger partial charge is 0.508 e. The number of rotatable bonds is 8. The second kappa shape index (κ2) is 8.17. The first-order chi connectivity index (χ1) is 11.4. The third-order valence-corrected chi connectivity index (χ3v) is 4.53. The van der Waals surface area contributed by atoms with Gasteiger partial charge in [-0.3, -0.25) is 4.55 Å². The van der Waals surface area contributed by atoms with Gasteiger partial charge in [-0.05, 0) is 42.7 Å². The number of hydrogen-bond donors (Lipinski definition) is 2. The van der Waals surface area contributed by atoms with Crippen LogP contribution in [0.5, 0.6) is 17.2 Å². The molecule has 24 heavy (non-hydrogen) atoms. The van der Waals surface area contributed by atoms with Gasteiger partial charge >= 0.3 is 0 Å². The van der Waals surface area contributed by atoms with Crippen LogP contribution in [-0.4, -0.2) is 18.1 Å². The van der Waals surface area contributed by atoms with E-state index in [-0.39, 0.29) is 22.1 Å². The number of phenolic OH excluding ortho intramolecular Hbond substituents is 1. The fourth-order valence-electron chi connectivity index (χ4n) is 2.42. The Balaban J connectivity index is 2.24. The summed E-state index contributed by atoms with van der Waals surface area (Å²) in [5.74, 6) is 0.324. The van der Waals surface area contributed by atoms with Crippen molar-refractivity contribution in [3.8, 4) is 17.2 Å². The molecule has 0 aromatic heterocycles. The molecule has 6 heteroatoms. The van der Waals surface area contributed by atoms with Crippen LogP contribution < -0.4 is 4.74 Å². The Bertz CT molecular complexity index is 784. The van der Waals surface area contributed by atoms with E-state index in [1.807, 2.05) is 0 Å². The number of phenols is 1. The predicted octanol–water partition coefficient (Wildman–Crippen LogP) is 4.55. The molecule has 0 unspecified atom stereocenters. The van der Waals surface area contributed by atoms with E-state index in [1.165, 1.54) is 24.3 Å². The lowest BCUT2D eigenvalue weighted by molar-refractivity contribution is 0.440. The van der Waals surface area contributed by atoms with E-state index in [1.54, 1.807) is 18.2 Å². The fraction of sp³-hybridized carbons (Fsp3) is 0.333. The molecular weight excluding hydrogens is 328 g/mol. The zero-order valence-electron chi connectivity index (χ0n) is 13.6. The van der Waals surface area contributed by atoms with Crippen molar-refractivity contribution in [1.29, 1.82) is 0 Å². The van der Waals surface area contributed by atoms with Gasteiger partial charge in [0.2, 0.25) is 0 Å². The molecule has 0 fully saturated rings. The summed E-state index contributed by atoms with van der Waals surface area (Å²) in [5, 5.41) is 9.46. The molecule has 0 bridgehead atoms. The minimum Gasteiger partial charge on any atom is -0.508 e. The van der Waals surface area contributed by atoms with E-state index < -0.39 is 10.1 Å². The molecule has 0 spiro atoms. The summed E-state index contributed by atoms with van der Waals surface area (Å²) >= 11 is 0. The molecule has 2 aromatic rings. The molecule has 2 N–H and O–H groups in total.